The summed E-state index contributed by atoms with van der Waals surface area (Å²) < 4.78 is 24.3. The van der Waals surface area contributed by atoms with Crippen molar-refractivity contribution in [3.63, 3.8) is 0 Å². The van der Waals surface area contributed by atoms with E-state index in [4.69, 9.17) is 21.1 Å². The fourth-order valence-corrected chi connectivity index (χ4v) is 2.30. The first kappa shape index (κ1) is 19.0. The number of ether oxygens (including phenoxy) is 2. The number of benzene rings is 1. The average molecular weight is 367 g/mol. The predicted octanol–water partition coefficient (Wildman–Crippen LogP) is 3.99. The largest absolute Gasteiger partial charge is 0.494 e. The number of pyridine rings is 1. The Morgan fingerprint density at radius 2 is 2.16 bits per heavy atom. The number of halogens is 2. The molecule has 2 rings (SSSR count). The van der Waals surface area contributed by atoms with Gasteiger partial charge in [0.1, 0.15) is 5.56 Å². The van der Waals surface area contributed by atoms with Crippen LogP contribution in [0.1, 0.15) is 36.2 Å². The number of amides is 1. The number of carbonyl (C=O) groups excluding carboxylic acids is 1. The van der Waals surface area contributed by atoms with E-state index in [9.17, 15) is 9.18 Å². The van der Waals surface area contributed by atoms with Gasteiger partial charge in [-0.25, -0.2) is 9.37 Å². The summed E-state index contributed by atoms with van der Waals surface area (Å²) in [5.74, 6) is -0.600. The number of methoxy groups -OCH3 is 1. The molecular formula is C18H20ClFN2O3. The van der Waals surface area contributed by atoms with Crippen LogP contribution in [-0.4, -0.2) is 24.1 Å². The van der Waals surface area contributed by atoms with Crippen molar-refractivity contribution < 1.29 is 18.7 Å². The molecule has 0 bridgehead atoms. The number of aromatic nitrogens is 1. The Morgan fingerprint density at radius 1 is 1.40 bits per heavy atom. The molecule has 0 aliphatic carbocycles. The SMILES string of the molecule is CCC(C)Oc1nccc(Cl)c1C(=O)NCc1ccc(OC)c(F)c1. The molecule has 0 aliphatic heterocycles. The van der Waals surface area contributed by atoms with Gasteiger partial charge in [-0.1, -0.05) is 24.6 Å². The lowest BCUT2D eigenvalue weighted by Gasteiger charge is -2.15. The first-order chi connectivity index (χ1) is 12.0. The molecule has 0 fully saturated rings. The monoisotopic (exact) mass is 366 g/mol. The minimum atomic E-state index is -0.491. The van der Waals surface area contributed by atoms with Crippen LogP contribution in [0, 0.1) is 5.82 Å². The quantitative estimate of drug-likeness (QED) is 0.804. The van der Waals surface area contributed by atoms with Gasteiger partial charge in [-0.05, 0) is 37.1 Å². The van der Waals surface area contributed by atoms with Crippen LogP contribution >= 0.6 is 11.6 Å². The predicted molar refractivity (Wildman–Crippen MR) is 93.8 cm³/mol. The number of nitrogens with one attached hydrogen (secondary N) is 1. The highest BCUT2D eigenvalue weighted by Gasteiger charge is 2.19. The van der Waals surface area contributed by atoms with E-state index in [-0.39, 0.29) is 34.9 Å². The molecule has 1 unspecified atom stereocenters. The number of rotatable bonds is 7. The van der Waals surface area contributed by atoms with Crippen LogP contribution in [0.4, 0.5) is 4.39 Å². The maximum atomic E-state index is 13.7. The van der Waals surface area contributed by atoms with Gasteiger partial charge in [-0.3, -0.25) is 4.79 Å². The topological polar surface area (TPSA) is 60.5 Å². The summed E-state index contributed by atoms with van der Waals surface area (Å²) in [6.07, 6.45) is 2.14. The summed E-state index contributed by atoms with van der Waals surface area (Å²) >= 11 is 6.14. The van der Waals surface area contributed by atoms with Gasteiger partial charge < -0.3 is 14.8 Å². The van der Waals surface area contributed by atoms with Crippen molar-refractivity contribution in [3.8, 4) is 11.6 Å². The molecule has 0 spiro atoms. The van der Waals surface area contributed by atoms with Gasteiger partial charge in [0.05, 0.1) is 18.2 Å². The molecule has 0 saturated heterocycles. The van der Waals surface area contributed by atoms with E-state index < -0.39 is 11.7 Å². The molecule has 1 atom stereocenters. The van der Waals surface area contributed by atoms with Gasteiger partial charge >= 0.3 is 0 Å². The van der Waals surface area contributed by atoms with E-state index in [1.165, 1.54) is 31.5 Å². The van der Waals surface area contributed by atoms with Crippen LogP contribution in [0.25, 0.3) is 0 Å². The second kappa shape index (κ2) is 8.67. The summed E-state index contributed by atoms with van der Waals surface area (Å²) in [5.41, 5.74) is 0.759. The second-order valence-electron chi connectivity index (χ2n) is 5.46. The Morgan fingerprint density at radius 3 is 2.80 bits per heavy atom. The molecule has 7 heteroatoms. The van der Waals surface area contributed by atoms with E-state index >= 15 is 0 Å². The van der Waals surface area contributed by atoms with Crippen LogP contribution in [0.3, 0.4) is 0 Å². The minimum absolute atomic E-state index is 0.104. The first-order valence-electron chi connectivity index (χ1n) is 7.88. The normalized spacial score (nSPS) is 11.7. The highest BCUT2D eigenvalue weighted by molar-refractivity contribution is 6.34. The van der Waals surface area contributed by atoms with Crippen LogP contribution in [0.15, 0.2) is 30.5 Å². The lowest BCUT2D eigenvalue weighted by atomic mass is 10.2. The van der Waals surface area contributed by atoms with Crippen molar-refractivity contribution in [1.82, 2.24) is 10.3 Å². The van der Waals surface area contributed by atoms with Crippen LogP contribution in [-0.2, 0) is 6.54 Å². The van der Waals surface area contributed by atoms with Gasteiger partial charge in [0, 0.05) is 12.7 Å². The standard InChI is InChI=1S/C18H20ClFN2O3/c1-4-11(2)25-18-16(13(19)7-8-21-18)17(23)22-10-12-5-6-15(24-3)14(20)9-12/h5-9,11H,4,10H2,1-3H3,(H,22,23). The van der Waals surface area contributed by atoms with Gasteiger partial charge in [0.25, 0.3) is 5.91 Å². The zero-order valence-corrected chi connectivity index (χ0v) is 15.1. The van der Waals surface area contributed by atoms with E-state index in [1.54, 1.807) is 6.07 Å². The number of hydrogen-bond acceptors (Lipinski definition) is 4. The molecule has 0 aliphatic rings. The maximum Gasteiger partial charge on any atom is 0.258 e. The first-order valence-corrected chi connectivity index (χ1v) is 8.25. The number of nitrogens with zero attached hydrogens (tertiary/aromatic N) is 1. The Labute approximate surface area is 151 Å². The molecule has 2 aromatic rings. The molecule has 0 saturated carbocycles. The molecule has 5 nitrogen and oxygen atoms in total. The fraction of sp³-hybridized carbons (Fsp3) is 0.333. The van der Waals surface area contributed by atoms with E-state index in [0.717, 1.165) is 6.42 Å². The molecule has 1 N–H and O–H groups in total. The Bertz CT molecular complexity index is 755. The van der Waals surface area contributed by atoms with Crippen LogP contribution < -0.4 is 14.8 Å². The second-order valence-corrected chi connectivity index (χ2v) is 5.87. The molecule has 1 aromatic heterocycles. The Balaban J connectivity index is 2.14. The third-order valence-corrected chi connectivity index (χ3v) is 3.96. The zero-order chi connectivity index (χ0) is 18.4. The Hall–Kier alpha value is -2.34. The molecule has 25 heavy (non-hydrogen) atoms. The van der Waals surface area contributed by atoms with Gasteiger partial charge in [0.2, 0.25) is 5.88 Å². The van der Waals surface area contributed by atoms with Crippen molar-refractivity contribution in [2.75, 3.05) is 7.11 Å². The molecule has 1 aromatic carbocycles. The van der Waals surface area contributed by atoms with E-state index in [1.807, 2.05) is 13.8 Å². The number of hydrogen-bond donors (Lipinski definition) is 1. The smallest absolute Gasteiger partial charge is 0.258 e. The molecule has 134 valence electrons. The highest BCUT2D eigenvalue weighted by atomic mass is 35.5. The molecule has 1 heterocycles. The van der Waals surface area contributed by atoms with Crippen LogP contribution in [0.2, 0.25) is 5.02 Å². The Kier molecular flexibility index (Phi) is 6.58. The van der Waals surface area contributed by atoms with Crippen molar-refractivity contribution in [3.05, 3.63) is 52.4 Å². The van der Waals surface area contributed by atoms with Gasteiger partial charge in [-0.2, -0.15) is 0 Å². The summed E-state index contributed by atoms with van der Waals surface area (Å²) in [6.45, 7) is 3.98. The maximum absolute atomic E-state index is 13.7. The van der Waals surface area contributed by atoms with Crippen molar-refractivity contribution in [2.45, 2.75) is 32.9 Å². The van der Waals surface area contributed by atoms with Gasteiger partial charge in [-0.15, -0.1) is 0 Å². The third kappa shape index (κ3) is 4.82. The van der Waals surface area contributed by atoms with Gasteiger partial charge in [0.15, 0.2) is 11.6 Å². The van der Waals surface area contributed by atoms with Crippen molar-refractivity contribution >= 4 is 17.5 Å². The summed E-state index contributed by atoms with van der Waals surface area (Å²) in [6, 6.07) is 6.00. The third-order valence-electron chi connectivity index (χ3n) is 3.65. The summed E-state index contributed by atoms with van der Waals surface area (Å²) in [7, 11) is 1.39. The summed E-state index contributed by atoms with van der Waals surface area (Å²) in [4.78, 5) is 16.6. The fourth-order valence-electron chi connectivity index (χ4n) is 2.08. The molecule has 1 amide bonds. The van der Waals surface area contributed by atoms with E-state index in [2.05, 4.69) is 10.3 Å². The summed E-state index contributed by atoms with van der Waals surface area (Å²) in [5, 5.41) is 2.94. The highest BCUT2D eigenvalue weighted by Crippen LogP contribution is 2.25. The average Bonchev–Trinajstić information content (AvgIpc) is 2.59. The zero-order valence-electron chi connectivity index (χ0n) is 14.3. The number of carbonyl (C=O) groups is 1. The molecular weight excluding hydrogens is 347 g/mol. The molecule has 0 radical (unpaired) electrons. The van der Waals surface area contributed by atoms with Crippen molar-refractivity contribution in [2.24, 2.45) is 0 Å². The lowest BCUT2D eigenvalue weighted by molar-refractivity contribution is 0.0942. The van der Waals surface area contributed by atoms with Crippen molar-refractivity contribution in [1.29, 1.82) is 0 Å². The van der Waals surface area contributed by atoms with E-state index in [0.29, 0.717) is 5.56 Å². The van der Waals surface area contributed by atoms with Crippen LogP contribution in [0.5, 0.6) is 11.6 Å². The lowest BCUT2D eigenvalue weighted by Crippen LogP contribution is -2.25. The minimum Gasteiger partial charge on any atom is -0.494 e.